The molecule has 192 valence electrons. The minimum atomic E-state index is -4.38. The number of rotatable bonds is 9. The molecule has 1 saturated heterocycles. The van der Waals surface area contributed by atoms with Crippen LogP contribution in [0.2, 0.25) is 0 Å². The largest absolute Gasteiger partial charge is 0.465 e. The Bertz CT molecular complexity index is 984. The Hall–Kier alpha value is -2.50. The molecule has 1 fully saturated rings. The molecule has 0 aliphatic carbocycles. The number of piperidine rings is 1. The second-order valence-electron chi connectivity index (χ2n) is 9.78. The Morgan fingerprint density at radius 1 is 0.971 bits per heavy atom. The first-order valence-corrected chi connectivity index (χ1v) is 12.9. The summed E-state index contributed by atoms with van der Waals surface area (Å²) in [7, 11) is 0. The van der Waals surface area contributed by atoms with Crippen molar-refractivity contribution in [1.82, 2.24) is 0 Å². The Balaban J connectivity index is 2.16. The number of alkyl halides is 3. The zero-order valence-electron chi connectivity index (χ0n) is 21.4. The monoisotopic (exact) mass is 489 g/mol. The van der Waals surface area contributed by atoms with Crippen molar-refractivity contribution in [3.05, 3.63) is 53.6 Å². The quantitative estimate of drug-likeness (QED) is 0.333. The maximum Gasteiger partial charge on any atom is 0.416 e. The van der Waals surface area contributed by atoms with E-state index in [1.807, 2.05) is 19.9 Å². The third-order valence-corrected chi connectivity index (χ3v) is 7.16. The van der Waals surface area contributed by atoms with Crippen molar-refractivity contribution in [2.45, 2.75) is 90.3 Å². The lowest BCUT2D eigenvalue weighted by atomic mass is 9.77. The van der Waals surface area contributed by atoms with Crippen LogP contribution >= 0.6 is 0 Å². The van der Waals surface area contributed by atoms with Crippen molar-refractivity contribution in [3.8, 4) is 11.1 Å². The molecular weight excluding hydrogens is 451 g/mol. The maximum absolute atomic E-state index is 13.2. The molecular formula is C29H38F3NO2. The van der Waals surface area contributed by atoms with Crippen molar-refractivity contribution in [2.24, 2.45) is 0 Å². The Morgan fingerprint density at radius 3 is 2.29 bits per heavy atom. The molecule has 0 bridgehead atoms. The molecule has 0 saturated carbocycles. The summed E-state index contributed by atoms with van der Waals surface area (Å²) in [5.41, 5.74) is 1.90. The average molecular weight is 490 g/mol. The minimum absolute atomic E-state index is 0.263. The van der Waals surface area contributed by atoms with Crippen LogP contribution < -0.4 is 4.90 Å². The van der Waals surface area contributed by atoms with Gasteiger partial charge in [-0.25, -0.2) is 0 Å². The first kappa shape index (κ1) is 27.1. The summed E-state index contributed by atoms with van der Waals surface area (Å²) in [6, 6.07) is 11.8. The molecule has 3 nitrogen and oxygen atoms in total. The number of anilines is 1. The van der Waals surface area contributed by atoms with E-state index in [2.05, 4.69) is 24.0 Å². The lowest BCUT2D eigenvalue weighted by Gasteiger charge is -2.39. The standard InChI is InChI=1S/C29H38F3NO2/c1-5-10-25-11-8-9-17-33(25)26-19-22(21-12-14-23(15-13-21)29(30,31)32)18-24(20-26)28(4,16-6-2)27(34)35-7-3/h12-15,18-20,25H,5-11,16-17H2,1-4H3. The van der Waals surface area contributed by atoms with Crippen molar-refractivity contribution >= 4 is 11.7 Å². The number of ether oxygens (including phenoxy) is 1. The molecule has 35 heavy (non-hydrogen) atoms. The molecule has 3 rings (SSSR count). The Morgan fingerprint density at radius 2 is 1.69 bits per heavy atom. The van der Waals surface area contributed by atoms with E-state index in [-0.39, 0.29) is 5.97 Å². The highest BCUT2D eigenvalue weighted by Gasteiger charge is 2.37. The fourth-order valence-electron chi connectivity index (χ4n) is 5.24. The predicted molar refractivity (Wildman–Crippen MR) is 136 cm³/mol. The number of esters is 1. The topological polar surface area (TPSA) is 29.5 Å². The van der Waals surface area contributed by atoms with E-state index in [9.17, 15) is 18.0 Å². The molecule has 1 heterocycles. The van der Waals surface area contributed by atoms with Crippen LogP contribution in [0.4, 0.5) is 18.9 Å². The van der Waals surface area contributed by atoms with Gasteiger partial charge in [-0.2, -0.15) is 13.2 Å². The zero-order valence-corrected chi connectivity index (χ0v) is 21.4. The van der Waals surface area contributed by atoms with Gasteiger partial charge in [-0.3, -0.25) is 4.79 Å². The van der Waals surface area contributed by atoms with Gasteiger partial charge in [0.2, 0.25) is 0 Å². The van der Waals surface area contributed by atoms with Crippen molar-refractivity contribution in [1.29, 1.82) is 0 Å². The van der Waals surface area contributed by atoms with Gasteiger partial charge in [0.15, 0.2) is 0 Å². The molecule has 0 amide bonds. The van der Waals surface area contributed by atoms with Crippen LogP contribution in [0.5, 0.6) is 0 Å². The molecule has 2 aromatic rings. The van der Waals surface area contributed by atoms with Crippen molar-refractivity contribution in [2.75, 3.05) is 18.1 Å². The van der Waals surface area contributed by atoms with Crippen LogP contribution in [0.25, 0.3) is 11.1 Å². The summed E-state index contributed by atoms with van der Waals surface area (Å²) in [6.07, 6.45) is 2.64. The summed E-state index contributed by atoms with van der Waals surface area (Å²) in [6.45, 7) is 9.19. The number of halogens is 3. The van der Waals surface area contributed by atoms with Gasteiger partial charge in [0, 0.05) is 18.3 Å². The van der Waals surface area contributed by atoms with E-state index in [0.717, 1.165) is 67.6 Å². The van der Waals surface area contributed by atoms with Crippen LogP contribution in [0.1, 0.15) is 83.8 Å². The summed E-state index contributed by atoms with van der Waals surface area (Å²) in [5.74, 6) is -0.263. The van der Waals surface area contributed by atoms with Gasteiger partial charge in [-0.15, -0.1) is 0 Å². The van der Waals surface area contributed by atoms with Gasteiger partial charge in [0.25, 0.3) is 0 Å². The van der Waals surface area contributed by atoms with Crippen molar-refractivity contribution in [3.63, 3.8) is 0 Å². The minimum Gasteiger partial charge on any atom is -0.465 e. The van der Waals surface area contributed by atoms with Crippen LogP contribution in [-0.2, 0) is 21.1 Å². The highest BCUT2D eigenvalue weighted by molar-refractivity contribution is 5.84. The normalized spacial score (nSPS) is 18.3. The molecule has 2 atom stereocenters. The number of carbonyl (C=O) groups is 1. The zero-order chi connectivity index (χ0) is 25.6. The van der Waals surface area contributed by atoms with Gasteiger partial charge >= 0.3 is 12.1 Å². The first-order valence-electron chi connectivity index (χ1n) is 12.9. The van der Waals surface area contributed by atoms with E-state index in [4.69, 9.17) is 4.74 Å². The van der Waals surface area contributed by atoms with Gasteiger partial charge in [-0.05, 0) is 93.0 Å². The van der Waals surface area contributed by atoms with Crippen LogP contribution in [0.15, 0.2) is 42.5 Å². The molecule has 0 radical (unpaired) electrons. The van der Waals surface area contributed by atoms with Gasteiger partial charge in [-0.1, -0.05) is 38.8 Å². The molecule has 0 N–H and O–H groups in total. The number of hydrogen-bond acceptors (Lipinski definition) is 3. The molecule has 1 aliphatic rings. The second kappa shape index (κ2) is 11.5. The highest BCUT2D eigenvalue weighted by atomic mass is 19.4. The van der Waals surface area contributed by atoms with E-state index in [1.54, 1.807) is 6.92 Å². The number of hydrogen-bond donors (Lipinski definition) is 0. The van der Waals surface area contributed by atoms with Gasteiger partial charge in [0.05, 0.1) is 17.6 Å². The SMILES string of the molecule is CCCC1CCCCN1c1cc(-c2ccc(C(F)(F)F)cc2)cc(C(C)(CCC)C(=O)OCC)c1. The lowest BCUT2D eigenvalue weighted by Crippen LogP contribution is -2.40. The van der Waals surface area contributed by atoms with Crippen LogP contribution in [0.3, 0.4) is 0 Å². The first-order chi connectivity index (χ1) is 16.6. The fraction of sp³-hybridized carbons (Fsp3) is 0.552. The van der Waals surface area contributed by atoms with Gasteiger partial charge < -0.3 is 9.64 Å². The average Bonchev–Trinajstić information content (AvgIpc) is 2.84. The number of nitrogens with zero attached hydrogens (tertiary/aromatic N) is 1. The second-order valence-corrected chi connectivity index (χ2v) is 9.78. The molecule has 6 heteroatoms. The summed E-state index contributed by atoms with van der Waals surface area (Å²) < 4.78 is 44.9. The van der Waals surface area contributed by atoms with E-state index in [0.29, 0.717) is 24.6 Å². The fourth-order valence-corrected chi connectivity index (χ4v) is 5.24. The molecule has 1 aliphatic heterocycles. The van der Waals surface area contributed by atoms with Gasteiger partial charge in [0.1, 0.15) is 0 Å². The summed E-state index contributed by atoms with van der Waals surface area (Å²) >= 11 is 0. The number of benzene rings is 2. The lowest BCUT2D eigenvalue weighted by molar-refractivity contribution is -0.149. The molecule has 2 aromatic carbocycles. The smallest absolute Gasteiger partial charge is 0.416 e. The Kier molecular flexibility index (Phi) is 8.89. The summed E-state index contributed by atoms with van der Waals surface area (Å²) in [5, 5.41) is 0. The third-order valence-electron chi connectivity index (χ3n) is 7.16. The van der Waals surface area contributed by atoms with Crippen LogP contribution in [0, 0.1) is 0 Å². The summed E-state index contributed by atoms with van der Waals surface area (Å²) in [4.78, 5) is 15.6. The predicted octanol–water partition coefficient (Wildman–Crippen LogP) is 8.15. The maximum atomic E-state index is 13.2. The van der Waals surface area contributed by atoms with Crippen LogP contribution in [-0.4, -0.2) is 25.2 Å². The van der Waals surface area contributed by atoms with Crippen molar-refractivity contribution < 1.29 is 22.7 Å². The highest BCUT2D eigenvalue weighted by Crippen LogP contribution is 2.39. The Labute approximate surface area is 207 Å². The molecule has 0 aromatic heterocycles. The molecule has 0 spiro atoms. The number of carbonyl (C=O) groups excluding carboxylic acids is 1. The van der Waals surface area contributed by atoms with E-state index >= 15 is 0 Å². The third kappa shape index (κ3) is 6.20. The van der Waals surface area contributed by atoms with E-state index < -0.39 is 17.2 Å². The molecule has 2 unspecified atom stereocenters. The van der Waals surface area contributed by atoms with E-state index in [1.165, 1.54) is 18.6 Å².